The van der Waals surface area contributed by atoms with Gasteiger partial charge in [0.05, 0.1) is 13.1 Å². The van der Waals surface area contributed by atoms with Crippen LogP contribution in [-0.2, 0) is 42.3 Å². The number of piperidine rings is 1. The summed E-state index contributed by atoms with van der Waals surface area (Å²) in [5.41, 5.74) is 2.60. The smallest absolute Gasteiger partial charge is 0.255 e. The molecule has 1 aromatic carbocycles. The zero-order valence-corrected chi connectivity index (χ0v) is 16.5. The van der Waals surface area contributed by atoms with Gasteiger partial charge in [-0.25, -0.2) is 0 Å². The van der Waals surface area contributed by atoms with E-state index in [2.05, 4.69) is 30.7 Å². The van der Waals surface area contributed by atoms with E-state index in [4.69, 9.17) is 0 Å². The second-order valence-electron chi connectivity index (χ2n) is 7.86. The van der Waals surface area contributed by atoms with Gasteiger partial charge in [0.2, 0.25) is 11.8 Å². The van der Waals surface area contributed by atoms with Crippen molar-refractivity contribution in [3.8, 4) is 0 Å². The molecule has 1 fully saturated rings. The molecular formula is C20H23N7O3. The predicted octanol–water partition coefficient (Wildman–Crippen LogP) is -0.568. The lowest BCUT2D eigenvalue weighted by molar-refractivity contribution is -0.136. The minimum Gasteiger partial charge on any atom is -0.322 e. The van der Waals surface area contributed by atoms with Gasteiger partial charge in [0, 0.05) is 38.2 Å². The van der Waals surface area contributed by atoms with Crippen LogP contribution in [-0.4, -0.2) is 50.0 Å². The lowest BCUT2D eigenvalue weighted by atomic mass is 10.0. The Labute approximate surface area is 173 Å². The third kappa shape index (κ3) is 3.37. The van der Waals surface area contributed by atoms with Gasteiger partial charge in [0.1, 0.15) is 17.7 Å². The van der Waals surface area contributed by atoms with Crippen molar-refractivity contribution in [2.45, 2.75) is 51.6 Å². The maximum absolute atomic E-state index is 12.8. The van der Waals surface area contributed by atoms with Crippen molar-refractivity contribution in [1.29, 1.82) is 0 Å². The fraction of sp³-hybridized carbons (Fsp3) is 0.450. The highest BCUT2D eigenvalue weighted by molar-refractivity contribution is 6.05. The zero-order valence-electron chi connectivity index (χ0n) is 16.5. The standard InChI is InChI=1S/C20H23N7O3/c28-18-4-3-15(19(29)23-18)27-11-13-7-12(1-2-14(13)20(27)30)8-22-10-17-25-24-16-9-21-5-6-26(16)17/h1-2,7,15,21-22H,3-6,8-11H2,(H,23,28,29). The maximum atomic E-state index is 12.8. The molecule has 0 radical (unpaired) electrons. The first kappa shape index (κ1) is 18.9. The highest BCUT2D eigenvalue weighted by Crippen LogP contribution is 2.28. The van der Waals surface area contributed by atoms with Crippen LogP contribution < -0.4 is 16.0 Å². The summed E-state index contributed by atoms with van der Waals surface area (Å²) in [6, 6.07) is 5.18. The monoisotopic (exact) mass is 409 g/mol. The van der Waals surface area contributed by atoms with E-state index in [1.807, 2.05) is 18.2 Å². The number of benzene rings is 1. The summed E-state index contributed by atoms with van der Waals surface area (Å²) in [5.74, 6) is 1.07. The largest absolute Gasteiger partial charge is 0.322 e. The molecule has 1 saturated heterocycles. The normalized spacial score (nSPS) is 20.9. The Morgan fingerprint density at radius 3 is 2.93 bits per heavy atom. The van der Waals surface area contributed by atoms with Crippen molar-refractivity contribution in [1.82, 2.24) is 35.6 Å². The van der Waals surface area contributed by atoms with Crippen LogP contribution in [0.1, 0.15) is 46.0 Å². The number of aromatic nitrogens is 3. The third-order valence-electron chi connectivity index (χ3n) is 5.90. The van der Waals surface area contributed by atoms with E-state index in [0.29, 0.717) is 31.6 Å². The van der Waals surface area contributed by atoms with Gasteiger partial charge in [0.25, 0.3) is 5.91 Å². The molecule has 1 unspecified atom stereocenters. The molecule has 1 atom stereocenters. The minimum atomic E-state index is -0.585. The van der Waals surface area contributed by atoms with Crippen LogP contribution in [0.2, 0.25) is 0 Å². The molecule has 156 valence electrons. The molecule has 10 heteroatoms. The van der Waals surface area contributed by atoms with Gasteiger partial charge in [-0.3, -0.25) is 19.7 Å². The molecule has 0 spiro atoms. The Balaban J connectivity index is 1.23. The minimum absolute atomic E-state index is 0.150. The molecule has 0 saturated carbocycles. The van der Waals surface area contributed by atoms with Gasteiger partial charge < -0.3 is 20.1 Å². The number of hydrogen-bond acceptors (Lipinski definition) is 7. The molecular weight excluding hydrogens is 386 g/mol. The van der Waals surface area contributed by atoms with Gasteiger partial charge in [-0.2, -0.15) is 0 Å². The van der Waals surface area contributed by atoms with E-state index in [0.717, 1.165) is 42.4 Å². The topological polar surface area (TPSA) is 121 Å². The molecule has 3 aliphatic heterocycles. The third-order valence-corrected chi connectivity index (χ3v) is 5.90. The second-order valence-corrected chi connectivity index (χ2v) is 7.86. The summed E-state index contributed by atoms with van der Waals surface area (Å²) in [5, 5.41) is 17.5. The van der Waals surface area contributed by atoms with Crippen LogP contribution in [0.25, 0.3) is 0 Å². The number of amides is 3. The SMILES string of the molecule is O=C1CCC(N2Cc3cc(CNCc4nnc5n4CCNC5)ccc3C2=O)C(=O)N1. The Morgan fingerprint density at radius 2 is 2.07 bits per heavy atom. The van der Waals surface area contributed by atoms with Crippen LogP contribution >= 0.6 is 0 Å². The Kier molecular flexibility index (Phi) is 4.80. The Hall–Kier alpha value is -3.11. The molecule has 3 N–H and O–H groups in total. The summed E-state index contributed by atoms with van der Waals surface area (Å²) >= 11 is 0. The van der Waals surface area contributed by atoms with Crippen molar-refractivity contribution in [3.05, 3.63) is 46.5 Å². The fourth-order valence-electron chi connectivity index (χ4n) is 4.34. The summed E-state index contributed by atoms with van der Waals surface area (Å²) in [6.45, 7) is 4.18. The van der Waals surface area contributed by atoms with Gasteiger partial charge in [-0.1, -0.05) is 12.1 Å². The quantitative estimate of drug-likeness (QED) is 0.566. The van der Waals surface area contributed by atoms with Crippen LogP contribution in [0.3, 0.4) is 0 Å². The highest BCUT2D eigenvalue weighted by atomic mass is 16.2. The van der Waals surface area contributed by atoms with Gasteiger partial charge >= 0.3 is 0 Å². The number of carbonyl (C=O) groups excluding carboxylic acids is 3. The van der Waals surface area contributed by atoms with Crippen LogP contribution in [0, 0.1) is 0 Å². The van der Waals surface area contributed by atoms with Crippen LogP contribution in [0.15, 0.2) is 18.2 Å². The average molecular weight is 409 g/mol. The number of fused-ring (bicyclic) bond motifs is 2. The number of rotatable bonds is 5. The van der Waals surface area contributed by atoms with E-state index in [1.165, 1.54) is 0 Å². The van der Waals surface area contributed by atoms with E-state index in [9.17, 15) is 14.4 Å². The van der Waals surface area contributed by atoms with Crippen molar-refractivity contribution in [3.63, 3.8) is 0 Å². The molecule has 1 aromatic heterocycles. The summed E-state index contributed by atoms with van der Waals surface area (Å²) in [6.07, 6.45) is 0.630. The fourth-order valence-corrected chi connectivity index (χ4v) is 4.34. The summed E-state index contributed by atoms with van der Waals surface area (Å²) in [7, 11) is 0. The number of nitrogens with zero attached hydrogens (tertiary/aromatic N) is 4. The van der Waals surface area contributed by atoms with E-state index in [-0.39, 0.29) is 24.1 Å². The summed E-state index contributed by atoms with van der Waals surface area (Å²) in [4.78, 5) is 37.9. The first-order valence-electron chi connectivity index (χ1n) is 10.2. The van der Waals surface area contributed by atoms with Crippen LogP contribution in [0.4, 0.5) is 0 Å². The molecule has 2 aromatic rings. The number of hydrogen-bond donors (Lipinski definition) is 3. The molecule has 0 aliphatic carbocycles. The highest BCUT2D eigenvalue weighted by Gasteiger charge is 2.39. The number of imide groups is 1. The van der Waals surface area contributed by atoms with Crippen molar-refractivity contribution >= 4 is 17.7 Å². The lowest BCUT2D eigenvalue weighted by Crippen LogP contribution is -2.52. The first-order chi connectivity index (χ1) is 14.6. The molecule has 4 heterocycles. The van der Waals surface area contributed by atoms with Crippen molar-refractivity contribution < 1.29 is 14.4 Å². The Bertz CT molecular complexity index is 1030. The molecule has 0 bridgehead atoms. The van der Waals surface area contributed by atoms with Gasteiger partial charge in [0.15, 0.2) is 0 Å². The van der Waals surface area contributed by atoms with Gasteiger partial charge in [-0.05, 0) is 23.6 Å². The Morgan fingerprint density at radius 1 is 1.17 bits per heavy atom. The average Bonchev–Trinajstić information content (AvgIpc) is 3.29. The predicted molar refractivity (Wildman–Crippen MR) is 105 cm³/mol. The molecule has 10 nitrogen and oxygen atoms in total. The lowest BCUT2D eigenvalue weighted by Gasteiger charge is -2.29. The molecule has 30 heavy (non-hydrogen) atoms. The first-order valence-corrected chi connectivity index (χ1v) is 10.2. The van der Waals surface area contributed by atoms with Crippen LogP contribution in [0.5, 0.6) is 0 Å². The molecule has 3 aliphatic rings. The number of carbonyl (C=O) groups is 3. The van der Waals surface area contributed by atoms with E-state index < -0.39 is 6.04 Å². The molecule has 3 amide bonds. The number of nitrogens with one attached hydrogen (secondary N) is 3. The maximum Gasteiger partial charge on any atom is 0.255 e. The summed E-state index contributed by atoms with van der Waals surface area (Å²) < 4.78 is 2.14. The van der Waals surface area contributed by atoms with E-state index >= 15 is 0 Å². The van der Waals surface area contributed by atoms with Gasteiger partial charge in [-0.15, -0.1) is 10.2 Å². The van der Waals surface area contributed by atoms with E-state index in [1.54, 1.807) is 4.90 Å². The molecule has 5 rings (SSSR count). The second kappa shape index (κ2) is 7.62. The van der Waals surface area contributed by atoms with Crippen molar-refractivity contribution in [2.24, 2.45) is 0 Å². The van der Waals surface area contributed by atoms with Crippen molar-refractivity contribution in [2.75, 3.05) is 6.54 Å². The zero-order chi connectivity index (χ0) is 20.7.